The SMILES string of the molecule is CC(C)(C)C1(c2ccnc(OCc3ccc(Cl)cc3F)n2)CCCCN1C(=O)O. The minimum atomic E-state index is -0.969. The molecule has 0 bridgehead atoms. The monoisotopic (exact) mass is 421 g/mol. The van der Waals surface area contributed by atoms with Gasteiger partial charge < -0.3 is 9.84 Å². The summed E-state index contributed by atoms with van der Waals surface area (Å²) in [6.07, 6.45) is 2.96. The second kappa shape index (κ2) is 8.14. The molecule has 2 heterocycles. The highest BCUT2D eigenvalue weighted by atomic mass is 35.5. The number of nitrogens with zero attached hydrogens (tertiary/aromatic N) is 3. The summed E-state index contributed by atoms with van der Waals surface area (Å²) in [7, 11) is 0. The number of hydrogen-bond acceptors (Lipinski definition) is 4. The van der Waals surface area contributed by atoms with E-state index in [9.17, 15) is 14.3 Å². The number of benzene rings is 1. The molecule has 1 aliphatic heterocycles. The molecule has 29 heavy (non-hydrogen) atoms. The molecule has 1 aromatic heterocycles. The fourth-order valence-corrected chi connectivity index (χ4v) is 4.25. The second-order valence-electron chi connectivity index (χ2n) is 8.25. The highest BCUT2D eigenvalue weighted by Gasteiger charge is 2.52. The number of ether oxygens (including phenoxy) is 1. The zero-order valence-electron chi connectivity index (χ0n) is 16.8. The first kappa shape index (κ1) is 21.3. The molecule has 1 aromatic carbocycles. The van der Waals surface area contributed by atoms with Gasteiger partial charge in [-0.25, -0.2) is 14.2 Å². The lowest BCUT2D eigenvalue weighted by molar-refractivity contribution is -0.0327. The third-order valence-corrected chi connectivity index (χ3v) is 5.77. The highest BCUT2D eigenvalue weighted by Crippen LogP contribution is 2.49. The van der Waals surface area contributed by atoms with E-state index in [0.29, 0.717) is 29.2 Å². The van der Waals surface area contributed by atoms with E-state index < -0.39 is 22.9 Å². The molecule has 1 unspecified atom stereocenters. The largest absolute Gasteiger partial charge is 0.465 e. The second-order valence-corrected chi connectivity index (χ2v) is 8.69. The lowest BCUT2D eigenvalue weighted by Gasteiger charge is -2.53. The Bertz CT molecular complexity index is 903. The molecule has 0 spiro atoms. The maximum Gasteiger partial charge on any atom is 0.408 e. The predicted octanol–water partition coefficient (Wildman–Crippen LogP) is 5.25. The van der Waals surface area contributed by atoms with E-state index in [1.807, 2.05) is 20.8 Å². The number of piperidine rings is 1. The molecule has 3 rings (SSSR count). The third kappa shape index (κ3) is 4.15. The van der Waals surface area contributed by atoms with Crippen LogP contribution in [0.2, 0.25) is 5.02 Å². The van der Waals surface area contributed by atoms with Crippen molar-refractivity contribution in [3.05, 3.63) is 52.6 Å². The Balaban J connectivity index is 1.94. The highest BCUT2D eigenvalue weighted by molar-refractivity contribution is 6.30. The summed E-state index contributed by atoms with van der Waals surface area (Å²) in [6, 6.07) is 6.17. The average Bonchev–Trinajstić information content (AvgIpc) is 2.66. The Morgan fingerprint density at radius 1 is 1.34 bits per heavy atom. The Hall–Kier alpha value is -2.41. The maximum atomic E-state index is 14.0. The molecule has 1 amide bonds. The number of rotatable bonds is 4. The molecular weight excluding hydrogens is 397 g/mol. The minimum absolute atomic E-state index is 0.0579. The minimum Gasteiger partial charge on any atom is -0.465 e. The van der Waals surface area contributed by atoms with Crippen LogP contribution in [-0.2, 0) is 12.1 Å². The van der Waals surface area contributed by atoms with Gasteiger partial charge in [0.1, 0.15) is 12.4 Å². The fraction of sp³-hybridized carbons (Fsp3) is 0.476. The summed E-state index contributed by atoms with van der Waals surface area (Å²) in [5, 5.41) is 10.2. The standard InChI is InChI=1S/C21H25ClFN3O3/c1-20(2,3)21(9-4-5-11-26(21)19(27)28)17-8-10-24-18(25-17)29-13-14-6-7-15(22)12-16(14)23/h6-8,10,12H,4-5,9,11,13H2,1-3H3,(H,27,28). The van der Waals surface area contributed by atoms with Crippen molar-refractivity contribution in [3.8, 4) is 6.01 Å². The number of hydrogen-bond donors (Lipinski definition) is 1. The molecule has 1 atom stereocenters. The van der Waals surface area contributed by atoms with Gasteiger partial charge >= 0.3 is 12.1 Å². The zero-order valence-corrected chi connectivity index (χ0v) is 17.5. The van der Waals surface area contributed by atoms with E-state index >= 15 is 0 Å². The number of aromatic nitrogens is 2. The Morgan fingerprint density at radius 3 is 2.76 bits per heavy atom. The summed E-state index contributed by atoms with van der Waals surface area (Å²) in [5.74, 6) is -0.468. The van der Waals surface area contributed by atoms with Crippen LogP contribution < -0.4 is 4.74 Å². The first-order valence-corrected chi connectivity index (χ1v) is 9.94. The third-order valence-electron chi connectivity index (χ3n) is 5.53. The van der Waals surface area contributed by atoms with E-state index in [4.69, 9.17) is 16.3 Å². The predicted molar refractivity (Wildman–Crippen MR) is 107 cm³/mol. The summed E-state index contributed by atoms with van der Waals surface area (Å²) in [6.45, 7) is 6.43. The van der Waals surface area contributed by atoms with Gasteiger partial charge in [0.2, 0.25) is 0 Å². The van der Waals surface area contributed by atoms with Crippen LogP contribution in [0.4, 0.5) is 9.18 Å². The van der Waals surface area contributed by atoms with Crippen molar-refractivity contribution in [1.29, 1.82) is 0 Å². The summed E-state index contributed by atoms with van der Waals surface area (Å²) < 4.78 is 19.6. The van der Waals surface area contributed by atoms with Crippen LogP contribution in [0, 0.1) is 11.2 Å². The van der Waals surface area contributed by atoms with Crippen LogP contribution in [0.5, 0.6) is 6.01 Å². The van der Waals surface area contributed by atoms with Crippen LogP contribution in [-0.4, -0.2) is 32.6 Å². The molecule has 1 fully saturated rings. The van der Waals surface area contributed by atoms with Crippen molar-refractivity contribution >= 4 is 17.7 Å². The van der Waals surface area contributed by atoms with Gasteiger partial charge in [0.25, 0.3) is 0 Å². The number of likely N-dealkylation sites (tertiary alicyclic amines) is 1. The topological polar surface area (TPSA) is 75.6 Å². The van der Waals surface area contributed by atoms with E-state index in [2.05, 4.69) is 9.97 Å². The maximum absolute atomic E-state index is 14.0. The van der Waals surface area contributed by atoms with E-state index in [1.54, 1.807) is 24.4 Å². The first-order chi connectivity index (χ1) is 13.6. The van der Waals surface area contributed by atoms with Gasteiger partial charge in [-0.2, -0.15) is 4.98 Å². The quantitative estimate of drug-likeness (QED) is 0.729. The molecule has 6 nitrogen and oxygen atoms in total. The van der Waals surface area contributed by atoms with Gasteiger partial charge in [0.15, 0.2) is 0 Å². The fourth-order valence-electron chi connectivity index (χ4n) is 4.09. The van der Waals surface area contributed by atoms with Gasteiger partial charge in [-0.1, -0.05) is 38.4 Å². The number of amides is 1. The van der Waals surface area contributed by atoms with Crippen LogP contribution >= 0.6 is 11.6 Å². The van der Waals surface area contributed by atoms with Crippen LogP contribution in [0.15, 0.2) is 30.5 Å². The van der Waals surface area contributed by atoms with Gasteiger partial charge in [-0.05, 0) is 42.9 Å². The number of halogens is 2. The lowest BCUT2D eigenvalue weighted by atomic mass is 9.66. The Kier molecular flexibility index (Phi) is 5.98. The molecule has 1 aliphatic rings. The van der Waals surface area contributed by atoms with Crippen molar-refractivity contribution < 1.29 is 19.0 Å². The average molecular weight is 422 g/mol. The number of carboxylic acid groups (broad SMARTS) is 1. The van der Waals surface area contributed by atoms with E-state index in [1.165, 1.54) is 11.0 Å². The summed E-state index contributed by atoms with van der Waals surface area (Å²) in [4.78, 5) is 22.2. The van der Waals surface area contributed by atoms with Crippen molar-refractivity contribution in [2.24, 2.45) is 5.41 Å². The van der Waals surface area contributed by atoms with Crippen molar-refractivity contribution in [3.63, 3.8) is 0 Å². The molecule has 1 saturated heterocycles. The molecule has 2 aromatic rings. The van der Waals surface area contributed by atoms with Crippen molar-refractivity contribution in [2.45, 2.75) is 52.2 Å². The molecule has 0 saturated carbocycles. The van der Waals surface area contributed by atoms with Crippen LogP contribution in [0.1, 0.15) is 51.3 Å². The zero-order chi connectivity index (χ0) is 21.2. The lowest BCUT2D eigenvalue weighted by Crippen LogP contribution is -2.59. The molecule has 1 N–H and O–H groups in total. The molecule has 156 valence electrons. The number of carbonyl (C=O) groups is 1. The Morgan fingerprint density at radius 2 is 2.10 bits per heavy atom. The smallest absolute Gasteiger partial charge is 0.408 e. The van der Waals surface area contributed by atoms with Crippen molar-refractivity contribution in [2.75, 3.05) is 6.54 Å². The molecule has 0 radical (unpaired) electrons. The van der Waals surface area contributed by atoms with Gasteiger partial charge in [-0.3, -0.25) is 4.90 Å². The van der Waals surface area contributed by atoms with Gasteiger partial charge in [0, 0.05) is 23.3 Å². The molecular formula is C21H25ClFN3O3. The summed E-state index contributed by atoms with van der Waals surface area (Å²) in [5.41, 5.74) is -0.281. The van der Waals surface area contributed by atoms with Gasteiger partial charge in [0.05, 0.1) is 11.2 Å². The van der Waals surface area contributed by atoms with Gasteiger partial charge in [-0.15, -0.1) is 0 Å². The molecule has 0 aliphatic carbocycles. The summed E-state index contributed by atoms with van der Waals surface area (Å²) >= 11 is 5.78. The van der Waals surface area contributed by atoms with E-state index in [-0.39, 0.29) is 12.6 Å². The van der Waals surface area contributed by atoms with Crippen molar-refractivity contribution in [1.82, 2.24) is 14.9 Å². The van der Waals surface area contributed by atoms with E-state index in [0.717, 1.165) is 12.8 Å². The van der Waals surface area contributed by atoms with Crippen LogP contribution in [0.25, 0.3) is 0 Å². The normalized spacial score (nSPS) is 19.8. The first-order valence-electron chi connectivity index (χ1n) is 9.56. The Labute approximate surface area is 174 Å². The van der Waals surface area contributed by atoms with Crippen LogP contribution in [0.3, 0.4) is 0 Å². The molecule has 8 heteroatoms.